The summed E-state index contributed by atoms with van der Waals surface area (Å²) in [5.41, 5.74) is 7.31. The summed E-state index contributed by atoms with van der Waals surface area (Å²) in [5, 5.41) is 11.0. The molecule has 0 saturated heterocycles. The van der Waals surface area contributed by atoms with Gasteiger partial charge in [-0.2, -0.15) is 4.37 Å². The molecule has 1 aliphatic rings. The van der Waals surface area contributed by atoms with Gasteiger partial charge in [-0.3, -0.25) is 4.79 Å². The van der Waals surface area contributed by atoms with Crippen LogP contribution in [0.25, 0.3) is 0 Å². The number of amides is 1. The predicted octanol–water partition coefficient (Wildman–Crippen LogP) is 2.92. The van der Waals surface area contributed by atoms with E-state index in [1.807, 2.05) is 6.07 Å². The van der Waals surface area contributed by atoms with Gasteiger partial charge in [-0.15, -0.1) is 0 Å². The molecule has 3 N–H and O–H groups in total. The monoisotopic (exact) mass is 441 g/mol. The Morgan fingerprint density at radius 1 is 1.36 bits per heavy atom. The molecule has 0 aliphatic heterocycles. The third-order valence-corrected chi connectivity index (χ3v) is 5.62. The number of nitrogens with one attached hydrogen (secondary N) is 1. The third kappa shape index (κ3) is 4.92. The molecular weight excluding hydrogens is 425 g/mol. The number of carbonyl (C=O) groups is 1. The Morgan fingerprint density at radius 2 is 2.11 bits per heavy atom. The number of benzene rings is 1. The summed E-state index contributed by atoms with van der Waals surface area (Å²) < 4.78 is 3.89. The van der Waals surface area contributed by atoms with E-state index >= 15 is 0 Å². The van der Waals surface area contributed by atoms with Crippen molar-refractivity contribution in [3.05, 3.63) is 50.4 Å². The molecule has 1 fully saturated rings. The SMILES string of the molecule is CO/N=C(/C(=O)NC1CC1)c1ccccc1CO/N=C(\N)c1snc(Cl)c1Cl. The van der Waals surface area contributed by atoms with E-state index in [2.05, 4.69) is 20.0 Å². The van der Waals surface area contributed by atoms with E-state index in [0.717, 1.165) is 24.4 Å². The molecule has 1 amide bonds. The van der Waals surface area contributed by atoms with Gasteiger partial charge in [-0.05, 0) is 24.4 Å². The summed E-state index contributed by atoms with van der Waals surface area (Å²) >= 11 is 12.8. The fraction of sp³-hybridized carbons (Fsp3) is 0.294. The average molecular weight is 442 g/mol. The molecule has 1 aromatic carbocycles. The van der Waals surface area contributed by atoms with Crippen molar-refractivity contribution >= 4 is 52.2 Å². The van der Waals surface area contributed by atoms with Crippen molar-refractivity contribution in [3.8, 4) is 0 Å². The number of amidine groups is 1. The molecule has 11 heteroatoms. The number of hydrogen-bond acceptors (Lipinski definition) is 7. The van der Waals surface area contributed by atoms with Gasteiger partial charge < -0.3 is 20.7 Å². The lowest BCUT2D eigenvalue weighted by molar-refractivity contribution is -0.115. The largest absolute Gasteiger partial charge is 0.398 e. The Balaban J connectivity index is 1.75. The zero-order chi connectivity index (χ0) is 20.1. The summed E-state index contributed by atoms with van der Waals surface area (Å²) in [7, 11) is 1.39. The fourth-order valence-electron chi connectivity index (χ4n) is 2.29. The lowest BCUT2D eigenvalue weighted by Crippen LogP contribution is -2.34. The second-order valence-corrected chi connectivity index (χ2v) is 7.40. The first-order chi connectivity index (χ1) is 13.5. The molecule has 1 heterocycles. The fourth-order valence-corrected chi connectivity index (χ4v) is 3.41. The highest BCUT2D eigenvalue weighted by Gasteiger charge is 2.27. The highest BCUT2D eigenvalue weighted by atomic mass is 35.5. The van der Waals surface area contributed by atoms with Gasteiger partial charge in [0.15, 0.2) is 16.7 Å². The molecule has 1 saturated carbocycles. The van der Waals surface area contributed by atoms with Crippen molar-refractivity contribution in [2.45, 2.75) is 25.5 Å². The number of nitrogens with two attached hydrogens (primary N) is 1. The lowest BCUT2D eigenvalue weighted by atomic mass is 10.0. The van der Waals surface area contributed by atoms with Gasteiger partial charge >= 0.3 is 0 Å². The summed E-state index contributed by atoms with van der Waals surface area (Å²) in [6.45, 7) is 0.0560. The zero-order valence-corrected chi connectivity index (χ0v) is 17.1. The van der Waals surface area contributed by atoms with E-state index in [1.165, 1.54) is 7.11 Å². The Kier molecular flexibility index (Phi) is 6.71. The molecule has 148 valence electrons. The van der Waals surface area contributed by atoms with Gasteiger partial charge in [-0.25, -0.2) is 0 Å². The molecule has 1 aliphatic carbocycles. The number of oxime groups is 2. The molecule has 2 aromatic rings. The van der Waals surface area contributed by atoms with E-state index in [1.54, 1.807) is 18.2 Å². The molecule has 0 bridgehead atoms. The summed E-state index contributed by atoms with van der Waals surface area (Å²) in [4.78, 5) is 23.1. The van der Waals surface area contributed by atoms with Crippen LogP contribution in [0.5, 0.6) is 0 Å². The van der Waals surface area contributed by atoms with Crippen LogP contribution in [0.4, 0.5) is 0 Å². The molecule has 3 rings (SSSR count). The van der Waals surface area contributed by atoms with Crippen molar-refractivity contribution in [2.75, 3.05) is 7.11 Å². The van der Waals surface area contributed by atoms with Gasteiger partial charge in [-0.1, -0.05) is 57.8 Å². The van der Waals surface area contributed by atoms with Crippen LogP contribution < -0.4 is 11.1 Å². The maximum atomic E-state index is 12.5. The topological polar surface area (TPSA) is 111 Å². The minimum Gasteiger partial charge on any atom is -0.398 e. The quantitative estimate of drug-likeness (QED) is 0.371. The number of hydrogen-bond donors (Lipinski definition) is 2. The summed E-state index contributed by atoms with van der Waals surface area (Å²) in [6.07, 6.45) is 1.93. The number of halogens is 2. The Labute approximate surface area is 175 Å². The Morgan fingerprint density at radius 3 is 2.75 bits per heavy atom. The highest BCUT2D eigenvalue weighted by Crippen LogP contribution is 2.28. The van der Waals surface area contributed by atoms with Crippen molar-refractivity contribution in [3.63, 3.8) is 0 Å². The second-order valence-electron chi connectivity index (χ2n) is 5.89. The highest BCUT2D eigenvalue weighted by molar-refractivity contribution is 7.09. The van der Waals surface area contributed by atoms with Gasteiger partial charge in [0.2, 0.25) is 0 Å². The van der Waals surface area contributed by atoms with Crippen LogP contribution in [-0.4, -0.2) is 35.0 Å². The predicted molar refractivity (Wildman–Crippen MR) is 109 cm³/mol. The number of nitrogens with zero attached hydrogens (tertiary/aromatic N) is 3. The van der Waals surface area contributed by atoms with Crippen molar-refractivity contribution in [2.24, 2.45) is 16.0 Å². The van der Waals surface area contributed by atoms with E-state index in [9.17, 15) is 4.79 Å². The molecular formula is C17H17Cl2N5O3S. The van der Waals surface area contributed by atoms with Crippen LogP contribution in [0.15, 0.2) is 34.6 Å². The zero-order valence-electron chi connectivity index (χ0n) is 14.8. The summed E-state index contributed by atoms with van der Waals surface area (Å²) in [6, 6.07) is 7.37. The summed E-state index contributed by atoms with van der Waals surface area (Å²) in [5.74, 6) is -0.241. The van der Waals surface area contributed by atoms with Crippen LogP contribution >= 0.6 is 34.7 Å². The minimum atomic E-state index is -0.300. The molecule has 1 aromatic heterocycles. The molecule has 0 atom stereocenters. The van der Waals surface area contributed by atoms with Gasteiger partial charge in [0.1, 0.15) is 23.6 Å². The van der Waals surface area contributed by atoms with Crippen molar-refractivity contribution < 1.29 is 14.5 Å². The Bertz CT molecular complexity index is 927. The Hall–Kier alpha value is -2.36. The number of carbonyl (C=O) groups excluding carboxylic acids is 1. The third-order valence-electron chi connectivity index (χ3n) is 3.80. The number of rotatable bonds is 8. The molecule has 0 radical (unpaired) electrons. The standard InChI is InChI=1S/C17H17Cl2N5O3S/c1-26-22-13(17(25)21-10-6-7-10)11-5-3-2-4-9(11)8-27-23-16(20)14-12(18)15(19)24-28-14/h2-5,10H,6-8H2,1H3,(H2,20,23)(H,21,25)/b22-13+. The van der Waals surface area contributed by atoms with E-state index in [-0.39, 0.29) is 40.3 Å². The maximum Gasteiger partial charge on any atom is 0.274 e. The van der Waals surface area contributed by atoms with E-state index in [0.29, 0.717) is 16.0 Å². The molecule has 0 spiro atoms. The first kappa shape index (κ1) is 20.4. The smallest absolute Gasteiger partial charge is 0.274 e. The van der Waals surface area contributed by atoms with Crippen LogP contribution in [0.1, 0.15) is 28.8 Å². The van der Waals surface area contributed by atoms with Crippen LogP contribution in [-0.2, 0) is 21.1 Å². The number of aromatic nitrogens is 1. The lowest BCUT2D eigenvalue weighted by Gasteiger charge is -2.11. The van der Waals surface area contributed by atoms with Crippen molar-refractivity contribution in [1.82, 2.24) is 9.69 Å². The van der Waals surface area contributed by atoms with Gasteiger partial charge in [0, 0.05) is 17.2 Å². The molecule has 28 heavy (non-hydrogen) atoms. The molecule has 8 nitrogen and oxygen atoms in total. The van der Waals surface area contributed by atoms with Gasteiger partial charge in [0.05, 0.1) is 0 Å². The van der Waals surface area contributed by atoms with E-state index < -0.39 is 0 Å². The van der Waals surface area contributed by atoms with Crippen molar-refractivity contribution in [1.29, 1.82) is 0 Å². The van der Waals surface area contributed by atoms with Gasteiger partial charge in [0.25, 0.3) is 5.91 Å². The van der Waals surface area contributed by atoms with Crippen LogP contribution in [0.3, 0.4) is 0 Å². The first-order valence-electron chi connectivity index (χ1n) is 8.28. The molecule has 0 unspecified atom stereocenters. The second kappa shape index (κ2) is 9.22. The van der Waals surface area contributed by atoms with Crippen LogP contribution in [0, 0.1) is 0 Å². The van der Waals surface area contributed by atoms with Crippen LogP contribution in [0.2, 0.25) is 10.2 Å². The maximum absolute atomic E-state index is 12.5. The van der Waals surface area contributed by atoms with E-state index in [4.69, 9.17) is 38.6 Å². The minimum absolute atomic E-state index is 0.0560. The first-order valence-corrected chi connectivity index (χ1v) is 9.81. The normalized spacial score (nSPS) is 14.7. The average Bonchev–Trinajstić information content (AvgIpc) is 3.44.